The molecule has 0 aliphatic carbocycles. The molecule has 0 bridgehead atoms. The Labute approximate surface area is 152 Å². The van der Waals surface area contributed by atoms with E-state index in [0.717, 1.165) is 5.56 Å². The molecule has 0 unspecified atom stereocenters. The lowest BCUT2D eigenvalue weighted by Crippen LogP contribution is -2.38. The van der Waals surface area contributed by atoms with Crippen molar-refractivity contribution in [3.63, 3.8) is 0 Å². The fourth-order valence-electron chi connectivity index (χ4n) is 2.79. The van der Waals surface area contributed by atoms with E-state index in [0.29, 0.717) is 23.4 Å². The van der Waals surface area contributed by atoms with Gasteiger partial charge in [0.25, 0.3) is 0 Å². The quantitative estimate of drug-likeness (QED) is 0.861. The maximum absolute atomic E-state index is 12.2. The SMILES string of the molecule is CC(C)[C@H]1COC(=O)N1c1nc(N[C@@H](C)c2ccccc2)ncc1Cl. The lowest BCUT2D eigenvalue weighted by atomic mass is 10.0. The van der Waals surface area contributed by atoms with E-state index in [1.165, 1.54) is 11.1 Å². The molecule has 0 spiro atoms. The van der Waals surface area contributed by atoms with Crippen LogP contribution in [0, 0.1) is 5.92 Å². The Hall–Kier alpha value is -2.34. The Balaban J connectivity index is 1.87. The van der Waals surface area contributed by atoms with Gasteiger partial charge in [-0.2, -0.15) is 4.98 Å². The third kappa shape index (κ3) is 3.69. The molecule has 132 valence electrons. The van der Waals surface area contributed by atoms with Gasteiger partial charge in [-0.15, -0.1) is 0 Å². The standard InChI is InChI=1S/C18H21ClN4O2/c1-11(2)15-10-25-18(24)23(15)16-14(19)9-20-17(22-16)21-12(3)13-7-5-4-6-8-13/h4-9,11-12,15H,10H2,1-3H3,(H,20,21,22)/t12-,15+/m0/s1. The summed E-state index contributed by atoms with van der Waals surface area (Å²) in [6.45, 7) is 6.42. The maximum atomic E-state index is 12.2. The number of anilines is 2. The van der Waals surface area contributed by atoms with Gasteiger partial charge in [-0.1, -0.05) is 55.8 Å². The summed E-state index contributed by atoms with van der Waals surface area (Å²) in [7, 11) is 0. The molecule has 1 fully saturated rings. The lowest BCUT2D eigenvalue weighted by molar-refractivity contribution is 0.177. The number of hydrogen-bond acceptors (Lipinski definition) is 5. The fourth-order valence-corrected chi connectivity index (χ4v) is 2.97. The number of cyclic esters (lactones) is 1. The second-order valence-corrected chi connectivity index (χ2v) is 6.81. The number of amides is 1. The van der Waals surface area contributed by atoms with Crippen LogP contribution in [0.1, 0.15) is 32.4 Å². The highest BCUT2D eigenvalue weighted by molar-refractivity contribution is 6.33. The van der Waals surface area contributed by atoms with Crippen molar-refractivity contribution in [2.24, 2.45) is 5.92 Å². The number of ether oxygens (including phenoxy) is 1. The first kappa shape index (κ1) is 17.5. The zero-order valence-corrected chi connectivity index (χ0v) is 15.2. The average molecular weight is 361 g/mol. The highest BCUT2D eigenvalue weighted by atomic mass is 35.5. The van der Waals surface area contributed by atoms with Gasteiger partial charge in [0.1, 0.15) is 11.6 Å². The van der Waals surface area contributed by atoms with Crippen molar-refractivity contribution in [3.05, 3.63) is 47.1 Å². The van der Waals surface area contributed by atoms with Crippen LogP contribution in [-0.2, 0) is 4.74 Å². The summed E-state index contributed by atoms with van der Waals surface area (Å²) in [6, 6.07) is 9.91. The molecule has 1 aromatic carbocycles. The molecule has 2 atom stereocenters. The summed E-state index contributed by atoms with van der Waals surface area (Å²) >= 11 is 6.26. The minimum Gasteiger partial charge on any atom is -0.447 e. The molecule has 1 aromatic heterocycles. The van der Waals surface area contributed by atoms with Gasteiger partial charge in [0, 0.05) is 0 Å². The van der Waals surface area contributed by atoms with Crippen LogP contribution in [0.25, 0.3) is 0 Å². The average Bonchev–Trinajstić information content (AvgIpc) is 2.99. The van der Waals surface area contributed by atoms with Crippen LogP contribution in [0.2, 0.25) is 5.02 Å². The molecule has 25 heavy (non-hydrogen) atoms. The number of carbonyl (C=O) groups excluding carboxylic acids is 1. The van der Waals surface area contributed by atoms with Gasteiger partial charge in [0.15, 0.2) is 5.82 Å². The monoisotopic (exact) mass is 360 g/mol. The van der Waals surface area contributed by atoms with Gasteiger partial charge in [0.2, 0.25) is 5.95 Å². The lowest BCUT2D eigenvalue weighted by Gasteiger charge is -2.24. The molecule has 7 heteroatoms. The van der Waals surface area contributed by atoms with Crippen LogP contribution >= 0.6 is 11.6 Å². The van der Waals surface area contributed by atoms with Gasteiger partial charge in [-0.05, 0) is 18.4 Å². The van der Waals surface area contributed by atoms with Crippen molar-refractivity contribution in [1.29, 1.82) is 0 Å². The predicted molar refractivity (Wildman–Crippen MR) is 98.0 cm³/mol. The van der Waals surface area contributed by atoms with Crippen molar-refractivity contribution in [1.82, 2.24) is 9.97 Å². The maximum Gasteiger partial charge on any atom is 0.415 e. The summed E-state index contributed by atoms with van der Waals surface area (Å²) in [6.07, 6.45) is 1.08. The molecule has 6 nitrogen and oxygen atoms in total. The van der Waals surface area contributed by atoms with Crippen LogP contribution in [0.3, 0.4) is 0 Å². The zero-order chi connectivity index (χ0) is 18.0. The molecule has 1 aliphatic rings. The topological polar surface area (TPSA) is 67.3 Å². The molecule has 1 N–H and O–H groups in total. The van der Waals surface area contributed by atoms with E-state index >= 15 is 0 Å². The largest absolute Gasteiger partial charge is 0.447 e. The molecule has 0 saturated carbocycles. The normalized spacial score (nSPS) is 18.4. The van der Waals surface area contributed by atoms with Crippen LogP contribution in [0.4, 0.5) is 16.6 Å². The smallest absolute Gasteiger partial charge is 0.415 e. The van der Waals surface area contributed by atoms with E-state index in [2.05, 4.69) is 15.3 Å². The van der Waals surface area contributed by atoms with Gasteiger partial charge in [-0.3, -0.25) is 4.90 Å². The first-order chi connectivity index (χ1) is 12.0. The first-order valence-electron chi connectivity index (χ1n) is 8.27. The summed E-state index contributed by atoms with van der Waals surface area (Å²) < 4.78 is 5.19. The number of nitrogens with one attached hydrogen (secondary N) is 1. The Morgan fingerprint density at radius 2 is 2.00 bits per heavy atom. The number of rotatable bonds is 5. The number of carbonyl (C=O) groups is 1. The molecule has 2 heterocycles. The Bertz CT molecular complexity index is 754. The molecular formula is C18H21ClN4O2. The molecule has 2 aromatic rings. The van der Waals surface area contributed by atoms with E-state index in [4.69, 9.17) is 16.3 Å². The molecule has 1 aliphatic heterocycles. The number of hydrogen-bond donors (Lipinski definition) is 1. The minimum atomic E-state index is -0.429. The molecular weight excluding hydrogens is 340 g/mol. The number of benzene rings is 1. The summed E-state index contributed by atoms with van der Waals surface area (Å²) in [4.78, 5) is 22.4. The Morgan fingerprint density at radius 3 is 2.68 bits per heavy atom. The fraction of sp³-hybridized carbons (Fsp3) is 0.389. The minimum absolute atomic E-state index is 0.0154. The van der Waals surface area contributed by atoms with E-state index < -0.39 is 6.09 Å². The summed E-state index contributed by atoms with van der Waals surface area (Å²) in [5.74, 6) is 1.01. The molecule has 0 radical (unpaired) electrons. The Morgan fingerprint density at radius 1 is 1.28 bits per heavy atom. The van der Waals surface area contributed by atoms with Crippen molar-refractivity contribution in [2.75, 3.05) is 16.8 Å². The number of halogens is 1. The first-order valence-corrected chi connectivity index (χ1v) is 8.65. The van der Waals surface area contributed by atoms with Gasteiger partial charge in [0.05, 0.1) is 18.3 Å². The second-order valence-electron chi connectivity index (χ2n) is 6.40. The van der Waals surface area contributed by atoms with Crippen LogP contribution in [-0.4, -0.2) is 28.7 Å². The van der Waals surface area contributed by atoms with E-state index in [-0.39, 0.29) is 18.0 Å². The van der Waals surface area contributed by atoms with Gasteiger partial charge >= 0.3 is 6.09 Å². The summed E-state index contributed by atoms with van der Waals surface area (Å²) in [5.41, 5.74) is 1.11. The van der Waals surface area contributed by atoms with Gasteiger partial charge < -0.3 is 10.1 Å². The van der Waals surface area contributed by atoms with Crippen LogP contribution < -0.4 is 10.2 Å². The molecule has 3 rings (SSSR count). The number of aromatic nitrogens is 2. The van der Waals surface area contributed by atoms with Gasteiger partial charge in [-0.25, -0.2) is 9.78 Å². The van der Waals surface area contributed by atoms with Crippen molar-refractivity contribution >= 4 is 29.5 Å². The van der Waals surface area contributed by atoms with E-state index in [1.54, 1.807) is 0 Å². The molecule has 1 amide bonds. The van der Waals surface area contributed by atoms with Crippen LogP contribution in [0.5, 0.6) is 0 Å². The predicted octanol–water partition coefficient (Wildman–Crippen LogP) is 4.28. The highest BCUT2D eigenvalue weighted by Crippen LogP contribution is 2.32. The third-order valence-corrected chi connectivity index (χ3v) is 4.54. The van der Waals surface area contributed by atoms with Crippen molar-refractivity contribution in [2.45, 2.75) is 32.9 Å². The molecule has 1 saturated heterocycles. The Kier molecular flexibility index (Phi) is 5.08. The van der Waals surface area contributed by atoms with Crippen LogP contribution in [0.15, 0.2) is 36.5 Å². The highest BCUT2D eigenvalue weighted by Gasteiger charge is 2.38. The van der Waals surface area contributed by atoms with E-state index in [9.17, 15) is 4.79 Å². The number of nitrogens with zero attached hydrogens (tertiary/aromatic N) is 3. The van der Waals surface area contributed by atoms with Crippen molar-refractivity contribution in [3.8, 4) is 0 Å². The van der Waals surface area contributed by atoms with Crippen molar-refractivity contribution < 1.29 is 9.53 Å². The summed E-state index contributed by atoms with van der Waals surface area (Å²) in [5, 5.41) is 3.57. The second kappa shape index (κ2) is 7.27. The third-order valence-electron chi connectivity index (χ3n) is 4.27. The zero-order valence-electron chi connectivity index (χ0n) is 14.4. The van der Waals surface area contributed by atoms with E-state index in [1.807, 2.05) is 51.1 Å².